The number of rotatable bonds is 3. The Hall–Kier alpha value is -2.14. The zero-order valence-electron chi connectivity index (χ0n) is 14.9. The summed E-state index contributed by atoms with van der Waals surface area (Å²) in [4.78, 5) is 28.6. The standard InChI is InChI=1S/C20H26N2O3/c1-14-7-8-16(13-23)12-22(14)20(25)11-19-18-6-4-3-5-17(18)9-10-21(19)15(2)24/h3-6,9-10,14,16,19,23H,7-8,11-13H2,1-2H3. The predicted molar refractivity (Wildman–Crippen MR) is 96.3 cm³/mol. The summed E-state index contributed by atoms with van der Waals surface area (Å²) in [6.45, 7) is 4.30. The van der Waals surface area contributed by atoms with Gasteiger partial charge in [-0.2, -0.15) is 0 Å². The number of aliphatic hydroxyl groups excluding tert-OH is 1. The van der Waals surface area contributed by atoms with Crippen LogP contribution in [0.2, 0.25) is 0 Å². The minimum absolute atomic E-state index is 0.0482. The minimum atomic E-state index is -0.270. The van der Waals surface area contributed by atoms with E-state index in [1.165, 1.54) is 6.92 Å². The highest BCUT2D eigenvalue weighted by atomic mass is 16.3. The van der Waals surface area contributed by atoms with Crippen LogP contribution in [0.4, 0.5) is 0 Å². The number of nitrogens with zero attached hydrogens (tertiary/aromatic N) is 2. The Morgan fingerprint density at radius 1 is 1.24 bits per heavy atom. The number of carbonyl (C=O) groups excluding carboxylic acids is 2. The monoisotopic (exact) mass is 342 g/mol. The maximum atomic E-state index is 13.0. The lowest BCUT2D eigenvalue weighted by molar-refractivity contribution is -0.138. The van der Waals surface area contributed by atoms with Gasteiger partial charge in [-0.3, -0.25) is 9.59 Å². The number of piperidine rings is 1. The zero-order valence-corrected chi connectivity index (χ0v) is 14.9. The van der Waals surface area contributed by atoms with Crippen molar-refractivity contribution in [2.45, 2.75) is 45.2 Å². The van der Waals surface area contributed by atoms with Crippen LogP contribution in [0.1, 0.15) is 50.3 Å². The van der Waals surface area contributed by atoms with Gasteiger partial charge in [0.05, 0.1) is 12.5 Å². The van der Waals surface area contributed by atoms with E-state index in [0.29, 0.717) is 6.54 Å². The first kappa shape index (κ1) is 17.7. The largest absolute Gasteiger partial charge is 0.396 e. The van der Waals surface area contributed by atoms with Gasteiger partial charge in [0.1, 0.15) is 0 Å². The van der Waals surface area contributed by atoms with Crippen molar-refractivity contribution in [3.8, 4) is 0 Å². The number of hydrogen-bond donors (Lipinski definition) is 1. The molecule has 1 aromatic carbocycles. The fourth-order valence-electron chi connectivity index (χ4n) is 3.87. The minimum Gasteiger partial charge on any atom is -0.396 e. The van der Waals surface area contributed by atoms with Crippen molar-refractivity contribution < 1.29 is 14.7 Å². The summed E-state index contributed by atoms with van der Waals surface area (Å²) in [6.07, 6.45) is 5.83. The van der Waals surface area contributed by atoms with Crippen molar-refractivity contribution in [3.63, 3.8) is 0 Å². The third-order valence-electron chi connectivity index (χ3n) is 5.40. The molecule has 0 aromatic heterocycles. The Morgan fingerprint density at radius 2 is 2.00 bits per heavy atom. The van der Waals surface area contributed by atoms with Gasteiger partial charge in [0.15, 0.2) is 0 Å². The van der Waals surface area contributed by atoms with Crippen LogP contribution < -0.4 is 0 Å². The van der Waals surface area contributed by atoms with Gasteiger partial charge < -0.3 is 14.9 Å². The normalized spacial score (nSPS) is 25.6. The van der Waals surface area contributed by atoms with Gasteiger partial charge in [0.2, 0.25) is 11.8 Å². The van der Waals surface area contributed by atoms with Gasteiger partial charge in [-0.15, -0.1) is 0 Å². The Balaban J connectivity index is 1.82. The molecule has 25 heavy (non-hydrogen) atoms. The molecule has 1 saturated heterocycles. The molecule has 2 aliphatic heterocycles. The summed E-state index contributed by atoms with van der Waals surface area (Å²) in [5.74, 6) is 0.137. The van der Waals surface area contributed by atoms with E-state index >= 15 is 0 Å². The lowest BCUT2D eigenvalue weighted by Gasteiger charge is -2.39. The molecule has 0 radical (unpaired) electrons. The molecule has 0 aliphatic carbocycles. The second kappa shape index (κ2) is 7.40. The molecule has 2 heterocycles. The molecule has 2 amide bonds. The lowest BCUT2D eigenvalue weighted by Crippen LogP contribution is -2.47. The third-order valence-corrected chi connectivity index (χ3v) is 5.40. The Morgan fingerprint density at radius 3 is 2.72 bits per heavy atom. The molecule has 3 atom stereocenters. The highest BCUT2D eigenvalue weighted by Crippen LogP contribution is 2.34. The molecule has 0 bridgehead atoms. The van der Waals surface area contributed by atoms with Crippen LogP contribution in [0.3, 0.4) is 0 Å². The summed E-state index contributed by atoms with van der Waals surface area (Å²) < 4.78 is 0. The van der Waals surface area contributed by atoms with Crippen molar-refractivity contribution >= 4 is 17.9 Å². The van der Waals surface area contributed by atoms with Crippen LogP contribution in [0.25, 0.3) is 6.08 Å². The lowest BCUT2D eigenvalue weighted by atomic mass is 9.91. The summed E-state index contributed by atoms with van der Waals surface area (Å²) >= 11 is 0. The first-order chi connectivity index (χ1) is 12.0. The molecule has 1 aromatic rings. The highest BCUT2D eigenvalue weighted by Gasteiger charge is 2.33. The molecule has 5 heteroatoms. The van der Waals surface area contributed by atoms with Crippen LogP contribution >= 0.6 is 0 Å². The highest BCUT2D eigenvalue weighted by molar-refractivity contribution is 5.82. The molecule has 3 rings (SSSR count). The molecular formula is C20H26N2O3. The predicted octanol–water partition coefficient (Wildman–Crippen LogP) is 2.57. The smallest absolute Gasteiger partial charge is 0.225 e. The molecule has 1 N–H and O–H groups in total. The van der Waals surface area contributed by atoms with Crippen molar-refractivity contribution in [2.24, 2.45) is 5.92 Å². The second-order valence-electron chi connectivity index (χ2n) is 7.11. The Kier molecular flexibility index (Phi) is 5.23. The van der Waals surface area contributed by atoms with Crippen molar-refractivity contribution in [2.75, 3.05) is 13.2 Å². The first-order valence-corrected chi connectivity index (χ1v) is 8.97. The van der Waals surface area contributed by atoms with Gasteiger partial charge >= 0.3 is 0 Å². The van der Waals surface area contributed by atoms with Crippen molar-refractivity contribution in [3.05, 3.63) is 41.6 Å². The number of benzene rings is 1. The van der Waals surface area contributed by atoms with Crippen LogP contribution in [0, 0.1) is 5.92 Å². The summed E-state index contributed by atoms with van der Waals surface area (Å²) in [5.41, 5.74) is 2.06. The van der Waals surface area contributed by atoms with Gasteiger partial charge in [0.25, 0.3) is 0 Å². The van der Waals surface area contributed by atoms with Gasteiger partial charge in [-0.1, -0.05) is 24.3 Å². The molecule has 3 unspecified atom stereocenters. The van der Waals surface area contributed by atoms with E-state index in [1.807, 2.05) is 35.2 Å². The number of carbonyl (C=O) groups is 2. The van der Waals surface area contributed by atoms with E-state index in [4.69, 9.17) is 0 Å². The van der Waals surface area contributed by atoms with E-state index in [-0.39, 0.29) is 42.8 Å². The topological polar surface area (TPSA) is 60.9 Å². The summed E-state index contributed by atoms with van der Waals surface area (Å²) in [5, 5.41) is 9.44. The van der Waals surface area contributed by atoms with E-state index < -0.39 is 0 Å². The number of amides is 2. The molecule has 2 aliphatic rings. The van der Waals surface area contributed by atoms with Crippen LogP contribution in [0.15, 0.2) is 30.5 Å². The SMILES string of the molecule is CC(=O)N1C=Cc2ccccc2C1CC(=O)N1CC(CO)CCC1C. The summed E-state index contributed by atoms with van der Waals surface area (Å²) in [7, 11) is 0. The fourth-order valence-corrected chi connectivity index (χ4v) is 3.87. The number of hydrogen-bond acceptors (Lipinski definition) is 3. The number of fused-ring (bicyclic) bond motifs is 1. The molecule has 5 nitrogen and oxygen atoms in total. The van der Waals surface area contributed by atoms with E-state index in [2.05, 4.69) is 6.92 Å². The molecule has 1 fully saturated rings. The van der Waals surface area contributed by atoms with Gasteiger partial charge in [0, 0.05) is 32.3 Å². The van der Waals surface area contributed by atoms with Gasteiger partial charge in [-0.25, -0.2) is 0 Å². The molecule has 134 valence electrons. The zero-order chi connectivity index (χ0) is 18.0. The average molecular weight is 342 g/mol. The van der Waals surface area contributed by atoms with E-state index in [9.17, 15) is 14.7 Å². The quantitative estimate of drug-likeness (QED) is 0.918. The Bertz CT molecular complexity index is 685. The van der Waals surface area contributed by atoms with E-state index in [1.54, 1.807) is 11.1 Å². The maximum absolute atomic E-state index is 13.0. The first-order valence-electron chi connectivity index (χ1n) is 8.97. The summed E-state index contributed by atoms with van der Waals surface area (Å²) in [6, 6.07) is 7.81. The molecular weight excluding hydrogens is 316 g/mol. The van der Waals surface area contributed by atoms with Crippen molar-refractivity contribution in [1.29, 1.82) is 0 Å². The molecule has 0 saturated carbocycles. The van der Waals surface area contributed by atoms with Gasteiger partial charge in [-0.05, 0) is 42.9 Å². The molecule has 0 spiro atoms. The fraction of sp³-hybridized carbons (Fsp3) is 0.500. The average Bonchev–Trinajstić information content (AvgIpc) is 2.62. The van der Waals surface area contributed by atoms with Crippen LogP contribution in [0.5, 0.6) is 0 Å². The van der Waals surface area contributed by atoms with Crippen LogP contribution in [-0.4, -0.2) is 45.9 Å². The van der Waals surface area contributed by atoms with Crippen molar-refractivity contribution in [1.82, 2.24) is 9.80 Å². The second-order valence-corrected chi connectivity index (χ2v) is 7.11. The van der Waals surface area contributed by atoms with Crippen LogP contribution in [-0.2, 0) is 9.59 Å². The number of likely N-dealkylation sites (tertiary alicyclic amines) is 1. The Labute approximate surface area is 148 Å². The number of aliphatic hydroxyl groups is 1. The maximum Gasteiger partial charge on any atom is 0.225 e. The third kappa shape index (κ3) is 3.61. The van der Waals surface area contributed by atoms with E-state index in [0.717, 1.165) is 24.0 Å².